The Balaban J connectivity index is 0.000000475. The molecule has 3 saturated heterocycles. The van der Waals surface area contributed by atoms with E-state index >= 15 is 0 Å². The summed E-state index contributed by atoms with van der Waals surface area (Å²) in [5, 5.41) is 68.5. The number of hydrogen-bond acceptors (Lipinski definition) is 16. The average Bonchev–Trinajstić information content (AvgIpc) is 1.44. The second-order valence-corrected chi connectivity index (χ2v) is 32.5. The predicted molar refractivity (Wildman–Crippen MR) is 355 cm³/mol. The van der Waals surface area contributed by atoms with Gasteiger partial charge in [0, 0.05) is 43.6 Å². The molecule has 1 aromatic rings. The summed E-state index contributed by atoms with van der Waals surface area (Å²) in [5.41, 5.74) is -0.146. The number of esters is 1. The highest BCUT2D eigenvalue weighted by atomic mass is 35.6. The van der Waals surface area contributed by atoms with Crippen molar-refractivity contribution in [3.63, 3.8) is 0 Å². The Morgan fingerprint density at radius 3 is 1.89 bits per heavy atom. The number of nitrogens with zero attached hydrogens (tertiary/aromatic N) is 2. The summed E-state index contributed by atoms with van der Waals surface area (Å²) in [5.74, 6) is 1.45. The number of hydrogen-bond donors (Lipinski definition) is 6. The van der Waals surface area contributed by atoms with Crippen LogP contribution in [0.3, 0.4) is 0 Å². The van der Waals surface area contributed by atoms with Gasteiger partial charge in [-0.1, -0.05) is 140 Å². The summed E-state index contributed by atoms with van der Waals surface area (Å²) in [6, 6.07) is -0.808. The second-order valence-electron chi connectivity index (χ2n) is 29.0. The Labute approximate surface area is 552 Å². The molecule has 4 heterocycles. The fraction of sp³-hybridized carbons (Fsp3) is 0.897. The molecule has 0 spiro atoms. The molecule has 4 aliphatic heterocycles. The summed E-state index contributed by atoms with van der Waals surface area (Å²) in [6.07, 6.45) is 5.86. The van der Waals surface area contributed by atoms with Gasteiger partial charge in [-0.2, -0.15) is 0 Å². The number of likely N-dealkylation sites (N-methyl/N-ethyl adjacent to an activating group) is 2. The van der Waals surface area contributed by atoms with Gasteiger partial charge in [0.1, 0.15) is 47.1 Å². The van der Waals surface area contributed by atoms with Crippen LogP contribution in [0.4, 0.5) is 0 Å². The monoisotopic (exact) mass is 1330 g/mol. The van der Waals surface area contributed by atoms with Crippen molar-refractivity contribution >= 4 is 52.4 Å². The molecule has 4 aliphatic rings. The number of benzene rings is 1. The number of halogens is 4. The number of ether oxygens (including phenoxy) is 7. The smallest absolute Gasteiger partial charge is 0.311 e. The molecule has 88 heavy (non-hydrogen) atoms. The normalized spacial score (nSPS) is 37.2. The van der Waals surface area contributed by atoms with Gasteiger partial charge in [-0.05, 0) is 183 Å². The Kier molecular flexibility index (Phi) is 32.4. The number of phenolic OH excluding ortho intramolecular Hbond substituents is 1. The number of phenols is 1. The molecule has 20 heteroatoms. The van der Waals surface area contributed by atoms with Crippen LogP contribution in [0, 0.1) is 56.3 Å². The Bertz CT molecular complexity index is 2250. The summed E-state index contributed by atoms with van der Waals surface area (Å²) in [4.78, 5) is 18.0. The molecule has 0 aliphatic carbocycles. The van der Waals surface area contributed by atoms with E-state index in [0.717, 1.165) is 59.5 Å². The van der Waals surface area contributed by atoms with Crippen molar-refractivity contribution in [3.05, 3.63) is 22.3 Å². The van der Waals surface area contributed by atoms with E-state index in [1.807, 2.05) is 65.6 Å². The van der Waals surface area contributed by atoms with Crippen LogP contribution in [0.5, 0.6) is 11.5 Å². The first-order valence-corrected chi connectivity index (χ1v) is 34.5. The van der Waals surface area contributed by atoms with Gasteiger partial charge in [-0.15, -0.1) is 0 Å². The minimum Gasteiger partial charge on any atom is -0.507 e. The van der Waals surface area contributed by atoms with Crippen molar-refractivity contribution in [1.29, 1.82) is 0 Å². The first-order chi connectivity index (χ1) is 40.4. The van der Waals surface area contributed by atoms with Crippen molar-refractivity contribution < 1.29 is 68.6 Å². The van der Waals surface area contributed by atoms with Gasteiger partial charge in [0.15, 0.2) is 12.6 Å². The van der Waals surface area contributed by atoms with E-state index < -0.39 is 99.2 Å². The molecule has 16 nitrogen and oxygen atoms in total. The van der Waals surface area contributed by atoms with E-state index in [1.165, 1.54) is 71.0 Å². The molecule has 6 N–H and O–H groups in total. The van der Waals surface area contributed by atoms with E-state index in [9.17, 15) is 35.4 Å². The molecule has 0 saturated carbocycles. The second kappa shape index (κ2) is 35.1. The molecule has 516 valence electrons. The molecule has 21 atom stereocenters. The number of rotatable bonds is 19. The van der Waals surface area contributed by atoms with E-state index in [4.69, 9.17) is 79.6 Å². The molecule has 0 bridgehead atoms. The van der Waals surface area contributed by atoms with Gasteiger partial charge in [0.2, 0.25) is 0 Å². The van der Waals surface area contributed by atoms with Crippen LogP contribution in [0.25, 0.3) is 0 Å². The number of carbonyl (C=O) groups excluding carboxylic acids is 1. The van der Waals surface area contributed by atoms with Crippen LogP contribution in [-0.4, -0.2) is 180 Å². The average molecular weight is 1330 g/mol. The highest BCUT2D eigenvalue weighted by molar-refractivity contribution is 6.83. The van der Waals surface area contributed by atoms with E-state index in [2.05, 4.69) is 41.5 Å². The van der Waals surface area contributed by atoms with Crippen LogP contribution >= 0.6 is 46.4 Å². The van der Waals surface area contributed by atoms with Crippen LogP contribution in [0.2, 0.25) is 0 Å². The lowest BCUT2D eigenvalue weighted by molar-refractivity contribution is -0.318. The number of carbonyl (C=O) groups is 1. The van der Waals surface area contributed by atoms with Gasteiger partial charge in [0.05, 0.1) is 41.5 Å². The summed E-state index contributed by atoms with van der Waals surface area (Å²) in [7, 11) is 7.12. The van der Waals surface area contributed by atoms with E-state index in [-0.39, 0.29) is 42.9 Å². The zero-order valence-electron chi connectivity index (χ0n) is 58.1. The molecule has 0 radical (unpaired) electrons. The first kappa shape index (κ1) is 81.2. The zero-order valence-corrected chi connectivity index (χ0v) is 61.1. The number of aliphatic hydroxyl groups is 5. The minimum absolute atomic E-state index is 0.0712. The summed E-state index contributed by atoms with van der Waals surface area (Å²) in [6.45, 7) is 36.0. The fourth-order valence-corrected chi connectivity index (χ4v) is 14.0. The van der Waals surface area contributed by atoms with Crippen LogP contribution < -0.4 is 4.74 Å². The number of fused-ring (bicyclic) bond motifs is 1. The van der Waals surface area contributed by atoms with Gasteiger partial charge in [-0.25, -0.2) is 0 Å². The maximum absolute atomic E-state index is 14.2. The SMILES string of the molecule is CC[C@H]1OC(=O)[C@H](C)[C@@H](O[C@H]2C[C@@](C)(OC)[C@@H](O)[C@H](C)O2)[C@H](C)[C@@H](O[C@@H]2O[C@H](C)C[C@H](N(C)C)[C@H]2O)[C@](C)(O)C[C@@H](C)CN(C)[C@H](C)[C@@H](O)[C@]1(C)O.Cc1c(C)c2c(c(C)c1O)CC[C@@](C)(CCC[C@H](C)CCC[C@H](C)CCCC(C)C)O2.ClC(Cl)(Cl)Cl. The van der Waals surface area contributed by atoms with Crippen molar-refractivity contribution in [2.75, 3.05) is 34.8 Å². The standard InChI is InChI=1S/C38H72N2O12.C29H50O2.CCl4/c1-15-27-38(10,46)31(42)24(6)40(13)19-20(2)17-36(8,45)33(52-35-29(41)26(39(11)12)16-21(3)48-35)22(4)30(23(5)34(44)50-27)51-28-18-37(9,47-14)32(43)25(7)49-28;1-20(2)12-9-13-21(3)14-10-15-22(4)16-11-18-29(8)19-17-26-25(7)27(30)23(5)24(6)28(26)31-29;2-1(3,4)5/h20-33,35,41-43,45-46H,15-19H2,1-14H3;20-22,30H,9-19H2,1-8H3;/t20-,21-,22+,23-,24-,25+,26+,27-,28+,29-,30+,31-,32+,33-,35+,36-,37-,38-;21-,22-,29-;/m11./s1. The molecular formula is C68H122Cl4N2O14. The third-order valence-electron chi connectivity index (χ3n) is 20.1. The quantitative estimate of drug-likeness (QED) is 0.0562. The summed E-state index contributed by atoms with van der Waals surface area (Å²) < 4.78 is 42.5. The first-order valence-electron chi connectivity index (χ1n) is 32.9. The van der Waals surface area contributed by atoms with E-state index in [1.54, 1.807) is 41.5 Å². The number of aromatic hydroxyl groups is 1. The van der Waals surface area contributed by atoms with Gasteiger partial charge < -0.3 is 73.6 Å². The molecule has 3 fully saturated rings. The molecule has 0 unspecified atom stereocenters. The topological polar surface area (TPSA) is 210 Å². The predicted octanol–water partition coefficient (Wildman–Crippen LogP) is 13.3. The third kappa shape index (κ3) is 23.4. The van der Waals surface area contributed by atoms with Crippen molar-refractivity contribution in [2.45, 2.75) is 320 Å². The number of cyclic esters (lactones) is 1. The molecule has 0 amide bonds. The van der Waals surface area contributed by atoms with Crippen molar-refractivity contribution in [2.24, 2.45) is 35.5 Å². The van der Waals surface area contributed by atoms with Gasteiger partial charge in [-0.3, -0.25) is 4.79 Å². The lowest BCUT2D eigenvalue weighted by Gasteiger charge is -2.48. The highest BCUT2D eigenvalue weighted by Crippen LogP contribution is 2.46. The van der Waals surface area contributed by atoms with Gasteiger partial charge in [0.25, 0.3) is 3.25 Å². The number of methoxy groups -OCH3 is 1. The van der Waals surface area contributed by atoms with Crippen LogP contribution in [0.15, 0.2) is 0 Å². The lowest BCUT2D eigenvalue weighted by atomic mass is 9.77. The highest BCUT2D eigenvalue weighted by Gasteiger charge is 2.53. The maximum atomic E-state index is 14.2. The third-order valence-corrected chi connectivity index (χ3v) is 20.1. The molecular weight excluding hydrogens is 1210 g/mol. The van der Waals surface area contributed by atoms with E-state index in [0.29, 0.717) is 18.7 Å². The van der Waals surface area contributed by atoms with Crippen LogP contribution in [0.1, 0.15) is 216 Å². The number of aliphatic hydroxyl groups excluding tert-OH is 3. The maximum Gasteiger partial charge on any atom is 0.311 e. The number of alkyl halides is 4. The van der Waals surface area contributed by atoms with Crippen molar-refractivity contribution in [3.8, 4) is 11.5 Å². The van der Waals surface area contributed by atoms with Crippen LogP contribution in [-0.2, 0) is 39.6 Å². The lowest BCUT2D eigenvalue weighted by Crippen LogP contribution is -2.60. The fourth-order valence-electron chi connectivity index (χ4n) is 14.0. The molecule has 5 rings (SSSR count). The largest absolute Gasteiger partial charge is 0.507 e. The molecule has 0 aromatic heterocycles. The van der Waals surface area contributed by atoms with Crippen molar-refractivity contribution in [1.82, 2.24) is 9.80 Å². The van der Waals surface area contributed by atoms with Gasteiger partial charge >= 0.3 is 5.97 Å². The Morgan fingerprint density at radius 2 is 1.35 bits per heavy atom. The minimum atomic E-state index is -1.80. The molecule has 1 aromatic carbocycles. The zero-order chi connectivity index (χ0) is 67.4. The Morgan fingerprint density at radius 1 is 0.795 bits per heavy atom. The summed E-state index contributed by atoms with van der Waals surface area (Å²) >= 11 is 19.3. The Hall–Kier alpha value is -1.03.